The van der Waals surface area contributed by atoms with E-state index >= 15 is 0 Å². The summed E-state index contributed by atoms with van der Waals surface area (Å²) in [6.45, 7) is 4.59. The van der Waals surface area contributed by atoms with E-state index in [2.05, 4.69) is 10.6 Å². The van der Waals surface area contributed by atoms with E-state index in [9.17, 15) is 4.79 Å². The van der Waals surface area contributed by atoms with E-state index in [-0.39, 0.29) is 12.0 Å². The van der Waals surface area contributed by atoms with Crippen LogP contribution < -0.4 is 15.4 Å². The molecule has 0 radical (unpaired) electrons. The summed E-state index contributed by atoms with van der Waals surface area (Å²) in [7, 11) is 0. The van der Waals surface area contributed by atoms with Gasteiger partial charge in [-0.15, -0.1) is 0 Å². The molecule has 1 saturated carbocycles. The Morgan fingerprint density at radius 1 is 1.26 bits per heavy atom. The molecule has 0 unspecified atom stereocenters. The molecule has 0 bridgehead atoms. The fourth-order valence-electron chi connectivity index (χ4n) is 2.84. The summed E-state index contributed by atoms with van der Waals surface area (Å²) >= 11 is 5.19. The van der Waals surface area contributed by atoms with Gasteiger partial charge in [0, 0.05) is 13.0 Å². The SMILES string of the molecule is CC(C)Oc1ccc(CNC(=S)NC(=O)CC2CCCC2)cc1. The number of hydrogen-bond acceptors (Lipinski definition) is 3. The van der Waals surface area contributed by atoms with Crippen LogP contribution in [0.25, 0.3) is 0 Å². The van der Waals surface area contributed by atoms with E-state index in [1.54, 1.807) is 0 Å². The highest BCUT2D eigenvalue weighted by Crippen LogP contribution is 2.27. The molecule has 1 fully saturated rings. The van der Waals surface area contributed by atoms with Crippen LogP contribution in [0.4, 0.5) is 0 Å². The molecule has 1 aromatic carbocycles. The number of rotatable bonds is 6. The van der Waals surface area contributed by atoms with E-state index in [0.29, 0.717) is 24.0 Å². The quantitative estimate of drug-likeness (QED) is 0.781. The molecule has 4 nitrogen and oxygen atoms in total. The molecule has 0 spiro atoms. The molecule has 1 aromatic rings. The number of carbonyl (C=O) groups is 1. The Labute approximate surface area is 144 Å². The summed E-state index contributed by atoms with van der Waals surface area (Å²) in [5.41, 5.74) is 1.09. The molecule has 1 aliphatic rings. The molecule has 2 rings (SSSR count). The molecule has 0 atom stereocenters. The largest absolute Gasteiger partial charge is 0.491 e. The van der Waals surface area contributed by atoms with Gasteiger partial charge < -0.3 is 15.4 Å². The minimum absolute atomic E-state index is 0.0232. The zero-order valence-corrected chi connectivity index (χ0v) is 14.7. The van der Waals surface area contributed by atoms with Crippen molar-refractivity contribution in [2.24, 2.45) is 5.92 Å². The lowest BCUT2D eigenvalue weighted by atomic mass is 10.0. The number of ether oxygens (including phenoxy) is 1. The molecule has 1 aliphatic carbocycles. The predicted octanol–water partition coefficient (Wildman–Crippen LogP) is 3.54. The Morgan fingerprint density at radius 2 is 1.91 bits per heavy atom. The van der Waals surface area contributed by atoms with Crippen molar-refractivity contribution in [1.29, 1.82) is 0 Å². The Bertz CT molecular complexity index is 522. The maximum Gasteiger partial charge on any atom is 0.226 e. The normalized spacial score (nSPS) is 14.7. The topological polar surface area (TPSA) is 50.4 Å². The second-order valence-electron chi connectivity index (χ2n) is 6.40. The van der Waals surface area contributed by atoms with E-state index in [1.165, 1.54) is 25.7 Å². The lowest BCUT2D eigenvalue weighted by Crippen LogP contribution is -2.39. The van der Waals surface area contributed by atoms with Crippen molar-refractivity contribution in [2.45, 2.75) is 58.6 Å². The molecule has 0 aromatic heterocycles. The van der Waals surface area contributed by atoms with Crippen molar-refractivity contribution < 1.29 is 9.53 Å². The van der Waals surface area contributed by atoms with Crippen molar-refractivity contribution >= 4 is 23.2 Å². The van der Waals surface area contributed by atoms with Gasteiger partial charge in [0.15, 0.2) is 5.11 Å². The van der Waals surface area contributed by atoms with Gasteiger partial charge in [0.1, 0.15) is 5.75 Å². The monoisotopic (exact) mass is 334 g/mol. The summed E-state index contributed by atoms with van der Waals surface area (Å²) in [5, 5.41) is 6.24. The lowest BCUT2D eigenvalue weighted by Gasteiger charge is -2.13. The van der Waals surface area contributed by atoms with Gasteiger partial charge in [0.25, 0.3) is 0 Å². The lowest BCUT2D eigenvalue weighted by molar-refractivity contribution is -0.120. The summed E-state index contributed by atoms with van der Waals surface area (Å²) in [5.74, 6) is 1.41. The number of carbonyl (C=O) groups excluding carboxylic acids is 1. The third kappa shape index (κ3) is 6.57. The van der Waals surface area contributed by atoms with Crippen molar-refractivity contribution in [3.8, 4) is 5.75 Å². The van der Waals surface area contributed by atoms with Crippen LogP contribution in [0, 0.1) is 5.92 Å². The van der Waals surface area contributed by atoms with Gasteiger partial charge in [0.2, 0.25) is 5.91 Å². The summed E-state index contributed by atoms with van der Waals surface area (Å²) < 4.78 is 5.61. The minimum Gasteiger partial charge on any atom is -0.491 e. The number of amides is 1. The second-order valence-corrected chi connectivity index (χ2v) is 6.80. The zero-order chi connectivity index (χ0) is 16.7. The Morgan fingerprint density at radius 3 is 2.52 bits per heavy atom. The Kier molecular flexibility index (Phi) is 6.84. The molecule has 0 heterocycles. The maximum absolute atomic E-state index is 11.9. The fraction of sp³-hybridized carbons (Fsp3) is 0.556. The highest BCUT2D eigenvalue weighted by Gasteiger charge is 2.18. The molecule has 5 heteroatoms. The highest BCUT2D eigenvalue weighted by molar-refractivity contribution is 7.80. The number of hydrogen-bond donors (Lipinski definition) is 2. The van der Waals surface area contributed by atoms with Crippen LogP contribution >= 0.6 is 12.2 Å². The van der Waals surface area contributed by atoms with E-state index in [1.807, 2.05) is 38.1 Å². The van der Waals surface area contributed by atoms with Gasteiger partial charge in [-0.05, 0) is 62.5 Å². The minimum atomic E-state index is 0.0232. The highest BCUT2D eigenvalue weighted by atomic mass is 32.1. The van der Waals surface area contributed by atoms with Crippen molar-refractivity contribution in [1.82, 2.24) is 10.6 Å². The van der Waals surface area contributed by atoms with Gasteiger partial charge in [-0.25, -0.2) is 0 Å². The van der Waals surface area contributed by atoms with Crippen LogP contribution in [-0.4, -0.2) is 17.1 Å². The molecule has 1 amide bonds. The Balaban J connectivity index is 1.70. The summed E-state index contributed by atoms with van der Waals surface area (Å²) in [4.78, 5) is 11.9. The van der Waals surface area contributed by atoms with Crippen LogP contribution in [-0.2, 0) is 11.3 Å². The first-order chi connectivity index (χ1) is 11.0. The molecule has 0 saturated heterocycles. The van der Waals surface area contributed by atoms with E-state index < -0.39 is 0 Å². The molecular formula is C18H26N2O2S. The Hall–Kier alpha value is -1.62. The molecule has 2 N–H and O–H groups in total. The van der Waals surface area contributed by atoms with Crippen LogP contribution in [0.5, 0.6) is 5.75 Å². The van der Waals surface area contributed by atoms with Gasteiger partial charge in [0.05, 0.1) is 6.10 Å². The van der Waals surface area contributed by atoms with Crippen LogP contribution in [0.15, 0.2) is 24.3 Å². The van der Waals surface area contributed by atoms with E-state index in [0.717, 1.165) is 11.3 Å². The third-order valence-corrected chi connectivity index (χ3v) is 4.20. The smallest absolute Gasteiger partial charge is 0.226 e. The molecular weight excluding hydrogens is 308 g/mol. The van der Waals surface area contributed by atoms with Gasteiger partial charge in [-0.3, -0.25) is 4.79 Å². The third-order valence-electron chi connectivity index (χ3n) is 3.95. The standard InChI is InChI=1S/C18H26N2O2S/c1-13(2)22-16-9-7-15(8-10-16)12-19-18(23)20-17(21)11-14-5-3-4-6-14/h7-10,13-14H,3-6,11-12H2,1-2H3,(H2,19,20,21,23). The first-order valence-corrected chi connectivity index (χ1v) is 8.77. The maximum atomic E-state index is 11.9. The zero-order valence-electron chi connectivity index (χ0n) is 13.9. The van der Waals surface area contributed by atoms with Crippen molar-refractivity contribution in [3.05, 3.63) is 29.8 Å². The van der Waals surface area contributed by atoms with Crippen LogP contribution in [0.2, 0.25) is 0 Å². The van der Waals surface area contributed by atoms with Crippen molar-refractivity contribution in [2.75, 3.05) is 0 Å². The molecule has 0 aliphatic heterocycles. The fourth-order valence-corrected chi connectivity index (χ4v) is 3.02. The second kappa shape index (κ2) is 8.87. The van der Waals surface area contributed by atoms with Crippen LogP contribution in [0.3, 0.4) is 0 Å². The number of benzene rings is 1. The van der Waals surface area contributed by atoms with Crippen LogP contribution in [0.1, 0.15) is 51.5 Å². The van der Waals surface area contributed by atoms with Crippen molar-refractivity contribution in [3.63, 3.8) is 0 Å². The first kappa shape index (κ1) is 17.7. The number of nitrogens with one attached hydrogen (secondary N) is 2. The first-order valence-electron chi connectivity index (χ1n) is 8.36. The molecule has 126 valence electrons. The summed E-state index contributed by atoms with van der Waals surface area (Å²) in [6.07, 6.45) is 5.58. The van der Waals surface area contributed by atoms with E-state index in [4.69, 9.17) is 17.0 Å². The van der Waals surface area contributed by atoms with Gasteiger partial charge in [-0.2, -0.15) is 0 Å². The van der Waals surface area contributed by atoms with Gasteiger partial charge in [-0.1, -0.05) is 25.0 Å². The van der Waals surface area contributed by atoms with Gasteiger partial charge >= 0.3 is 0 Å². The summed E-state index contributed by atoms with van der Waals surface area (Å²) in [6, 6.07) is 7.87. The number of thiocarbonyl (C=S) groups is 1. The average molecular weight is 334 g/mol. The molecule has 23 heavy (non-hydrogen) atoms. The average Bonchev–Trinajstić information content (AvgIpc) is 2.98. The predicted molar refractivity (Wildman–Crippen MR) is 96.4 cm³/mol.